The number of thioether (sulfide) groups is 1. The lowest BCUT2D eigenvalue weighted by atomic mass is 10.1. The zero-order valence-corrected chi connectivity index (χ0v) is 13.5. The van der Waals surface area contributed by atoms with Gasteiger partial charge in [-0.05, 0) is 41.7 Å². The first-order valence-corrected chi connectivity index (χ1v) is 8.25. The molecule has 2 aromatic rings. The van der Waals surface area contributed by atoms with Crippen LogP contribution in [0.25, 0.3) is 0 Å². The molecule has 0 aliphatic carbocycles. The average Bonchev–Trinajstić information content (AvgIpc) is 2.55. The zero-order chi connectivity index (χ0) is 15.1. The van der Waals surface area contributed by atoms with Crippen LogP contribution in [0.2, 0.25) is 0 Å². The van der Waals surface area contributed by atoms with Gasteiger partial charge in [-0.3, -0.25) is 0 Å². The van der Waals surface area contributed by atoms with Gasteiger partial charge in [0.05, 0.1) is 11.2 Å². The fourth-order valence-corrected chi connectivity index (χ4v) is 3.01. The number of benzene rings is 2. The number of aryl methyl sites for hydroxylation is 2. The predicted molar refractivity (Wildman–Crippen MR) is 93.5 cm³/mol. The molecule has 2 N–H and O–H groups in total. The van der Waals surface area contributed by atoms with Gasteiger partial charge in [-0.25, -0.2) is 4.99 Å². The van der Waals surface area contributed by atoms with E-state index in [0.717, 1.165) is 24.1 Å². The molecule has 0 fully saturated rings. The van der Waals surface area contributed by atoms with Gasteiger partial charge in [-0.1, -0.05) is 55.9 Å². The van der Waals surface area contributed by atoms with Crippen LogP contribution in [0, 0.1) is 0 Å². The maximum absolute atomic E-state index is 5.71. The van der Waals surface area contributed by atoms with E-state index in [2.05, 4.69) is 61.3 Å². The molecule has 0 aliphatic rings. The van der Waals surface area contributed by atoms with Crippen molar-refractivity contribution in [3.05, 3.63) is 59.2 Å². The van der Waals surface area contributed by atoms with Crippen molar-refractivity contribution in [3.63, 3.8) is 0 Å². The summed E-state index contributed by atoms with van der Waals surface area (Å²) in [6.45, 7) is 4.88. The standard InChI is InChI=1S/C18H22N2S/c1-3-15-10-9-14(12-19)11-17(15)20-13-21-18-8-6-5-7-16(18)4-2/h5-11,13H,3-4,12,19H2,1-2H3/b20-13+. The van der Waals surface area contributed by atoms with Crippen molar-refractivity contribution >= 4 is 23.0 Å². The molecule has 0 aliphatic heterocycles. The second-order valence-corrected chi connectivity index (χ2v) is 5.72. The van der Waals surface area contributed by atoms with E-state index in [1.54, 1.807) is 11.8 Å². The summed E-state index contributed by atoms with van der Waals surface area (Å²) in [4.78, 5) is 5.91. The molecular weight excluding hydrogens is 276 g/mol. The van der Waals surface area contributed by atoms with Gasteiger partial charge >= 0.3 is 0 Å². The fourth-order valence-electron chi connectivity index (χ4n) is 2.21. The maximum atomic E-state index is 5.71. The van der Waals surface area contributed by atoms with Gasteiger partial charge in [-0.2, -0.15) is 0 Å². The number of nitrogens with two attached hydrogens (primary N) is 1. The molecule has 0 radical (unpaired) electrons. The summed E-state index contributed by atoms with van der Waals surface area (Å²) in [7, 11) is 0. The van der Waals surface area contributed by atoms with Crippen LogP contribution in [0.4, 0.5) is 5.69 Å². The van der Waals surface area contributed by atoms with E-state index >= 15 is 0 Å². The Hall–Kier alpha value is -1.58. The molecule has 0 aromatic heterocycles. The van der Waals surface area contributed by atoms with Crippen molar-refractivity contribution in [2.24, 2.45) is 10.7 Å². The molecular formula is C18H22N2S. The highest BCUT2D eigenvalue weighted by Crippen LogP contribution is 2.25. The largest absolute Gasteiger partial charge is 0.326 e. The van der Waals surface area contributed by atoms with E-state index < -0.39 is 0 Å². The van der Waals surface area contributed by atoms with E-state index in [1.807, 2.05) is 5.55 Å². The lowest BCUT2D eigenvalue weighted by molar-refractivity contribution is 1.06. The minimum Gasteiger partial charge on any atom is -0.326 e. The molecule has 0 bridgehead atoms. The van der Waals surface area contributed by atoms with Crippen LogP contribution in [-0.4, -0.2) is 5.55 Å². The topological polar surface area (TPSA) is 38.4 Å². The zero-order valence-electron chi connectivity index (χ0n) is 12.7. The molecule has 0 heterocycles. The van der Waals surface area contributed by atoms with Gasteiger partial charge in [0.1, 0.15) is 0 Å². The van der Waals surface area contributed by atoms with Gasteiger partial charge in [0.15, 0.2) is 0 Å². The summed E-state index contributed by atoms with van der Waals surface area (Å²) in [5, 5.41) is 0. The molecule has 0 atom stereocenters. The number of hydrogen-bond acceptors (Lipinski definition) is 3. The Bertz CT molecular complexity index is 620. The number of nitrogens with zero attached hydrogens (tertiary/aromatic N) is 1. The Morgan fingerprint density at radius 2 is 1.81 bits per heavy atom. The monoisotopic (exact) mass is 298 g/mol. The van der Waals surface area contributed by atoms with Gasteiger partial charge in [0.25, 0.3) is 0 Å². The third-order valence-electron chi connectivity index (χ3n) is 3.49. The summed E-state index contributed by atoms with van der Waals surface area (Å²) >= 11 is 1.68. The number of rotatable bonds is 6. The van der Waals surface area contributed by atoms with Gasteiger partial charge < -0.3 is 5.73 Å². The summed E-state index contributed by atoms with van der Waals surface area (Å²) in [5.74, 6) is 0. The molecule has 0 saturated carbocycles. The highest BCUT2D eigenvalue weighted by Gasteiger charge is 2.01. The van der Waals surface area contributed by atoms with Crippen molar-refractivity contribution in [1.29, 1.82) is 0 Å². The fraction of sp³-hybridized carbons (Fsp3) is 0.278. The Balaban J connectivity index is 2.17. The lowest BCUT2D eigenvalue weighted by Gasteiger charge is -2.06. The summed E-state index contributed by atoms with van der Waals surface area (Å²) in [6, 6.07) is 14.8. The van der Waals surface area contributed by atoms with Crippen LogP contribution in [0.5, 0.6) is 0 Å². The SMILES string of the molecule is CCc1ccc(CN)cc1/N=C/Sc1ccccc1CC. The third-order valence-corrected chi connectivity index (χ3v) is 4.35. The molecule has 2 rings (SSSR count). The second kappa shape index (κ2) is 8.01. The van der Waals surface area contributed by atoms with E-state index in [9.17, 15) is 0 Å². The predicted octanol–water partition coefficient (Wildman–Crippen LogP) is 4.72. The number of hydrogen-bond donors (Lipinski definition) is 1. The van der Waals surface area contributed by atoms with Gasteiger partial charge in [-0.15, -0.1) is 0 Å². The first-order chi connectivity index (χ1) is 10.3. The third kappa shape index (κ3) is 4.19. The molecule has 2 nitrogen and oxygen atoms in total. The molecule has 21 heavy (non-hydrogen) atoms. The Kier molecular flexibility index (Phi) is 6.03. The van der Waals surface area contributed by atoms with Gasteiger partial charge in [0.2, 0.25) is 0 Å². The van der Waals surface area contributed by atoms with E-state index in [0.29, 0.717) is 6.54 Å². The Morgan fingerprint density at radius 3 is 2.52 bits per heavy atom. The first-order valence-electron chi connectivity index (χ1n) is 7.37. The van der Waals surface area contributed by atoms with Crippen molar-refractivity contribution in [1.82, 2.24) is 0 Å². The lowest BCUT2D eigenvalue weighted by Crippen LogP contribution is -1.96. The maximum Gasteiger partial charge on any atom is 0.0671 e. The van der Waals surface area contributed by atoms with Crippen molar-refractivity contribution in [3.8, 4) is 0 Å². The van der Waals surface area contributed by atoms with E-state index in [-0.39, 0.29) is 0 Å². The smallest absolute Gasteiger partial charge is 0.0671 e. The minimum absolute atomic E-state index is 0.554. The first kappa shape index (κ1) is 15.8. The molecule has 110 valence electrons. The van der Waals surface area contributed by atoms with E-state index in [4.69, 9.17) is 5.73 Å². The van der Waals surface area contributed by atoms with Crippen molar-refractivity contribution < 1.29 is 0 Å². The number of aliphatic imine (C=N–C) groups is 1. The normalized spacial score (nSPS) is 11.2. The quantitative estimate of drug-likeness (QED) is 0.476. The van der Waals surface area contributed by atoms with E-state index in [1.165, 1.54) is 16.0 Å². The molecule has 0 unspecified atom stereocenters. The molecule has 0 amide bonds. The van der Waals surface area contributed by atoms with Crippen molar-refractivity contribution in [2.45, 2.75) is 38.1 Å². The highest BCUT2D eigenvalue weighted by molar-refractivity contribution is 8.12. The van der Waals surface area contributed by atoms with Crippen LogP contribution in [-0.2, 0) is 19.4 Å². The van der Waals surface area contributed by atoms with Crippen LogP contribution in [0.15, 0.2) is 52.4 Å². The summed E-state index contributed by atoms with van der Waals surface area (Å²) < 4.78 is 0. The Labute approximate surface area is 131 Å². The molecule has 0 saturated heterocycles. The van der Waals surface area contributed by atoms with Crippen LogP contribution in [0.3, 0.4) is 0 Å². The Morgan fingerprint density at radius 1 is 1.05 bits per heavy atom. The minimum atomic E-state index is 0.554. The van der Waals surface area contributed by atoms with Gasteiger partial charge in [0, 0.05) is 11.4 Å². The highest BCUT2D eigenvalue weighted by atomic mass is 32.2. The summed E-state index contributed by atoms with van der Waals surface area (Å²) in [5.41, 5.74) is 12.4. The average molecular weight is 298 g/mol. The molecule has 0 spiro atoms. The van der Waals surface area contributed by atoms with Crippen molar-refractivity contribution in [2.75, 3.05) is 0 Å². The van der Waals surface area contributed by atoms with Crippen LogP contribution < -0.4 is 5.73 Å². The van der Waals surface area contributed by atoms with Crippen LogP contribution in [0.1, 0.15) is 30.5 Å². The molecule has 2 aromatic carbocycles. The van der Waals surface area contributed by atoms with Crippen LogP contribution >= 0.6 is 11.8 Å². The summed E-state index contributed by atoms with van der Waals surface area (Å²) in [6.07, 6.45) is 2.02. The molecule has 3 heteroatoms. The second-order valence-electron chi connectivity index (χ2n) is 4.83.